The number of anilines is 1. The summed E-state index contributed by atoms with van der Waals surface area (Å²) in [5.74, 6) is -0.178. The van der Waals surface area contributed by atoms with Gasteiger partial charge in [-0.1, -0.05) is 23.7 Å². The molecular formula is C17H17ClN4O. The highest BCUT2D eigenvalue weighted by atomic mass is 35.5. The minimum atomic E-state index is -0.178. The lowest BCUT2D eigenvalue weighted by Crippen LogP contribution is -2.12. The molecule has 0 saturated heterocycles. The molecule has 2 aromatic carbocycles. The highest BCUT2D eigenvalue weighted by molar-refractivity contribution is 6.30. The molecule has 0 fully saturated rings. The lowest BCUT2D eigenvalue weighted by Gasteiger charge is -2.09. The van der Waals surface area contributed by atoms with Crippen molar-refractivity contribution in [2.75, 3.05) is 5.32 Å². The highest BCUT2D eigenvalue weighted by Crippen LogP contribution is 2.21. The topological polar surface area (TPSA) is 59.8 Å². The van der Waals surface area contributed by atoms with E-state index in [4.69, 9.17) is 11.6 Å². The van der Waals surface area contributed by atoms with Crippen LogP contribution in [0.15, 0.2) is 36.4 Å². The Hall–Kier alpha value is -2.40. The summed E-state index contributed by atoms with van der Waals surface area (Å²) < 4.78 is 1.85. The molecule has 1 N–H and O–H groups in total. The van der Waals surface area contributed by atoms with Crippen LogP contribution in [0.3, 0.4) is 0 Å². The number of rotatable bonds is 4. The van der Waals surface area contributed by atoms with Gasteiger partial charge in [-0.2, -0.15) is 0 Å². The third-order valence-corrected chi connectivity index (χ3v) is 3.88. The summed E-state index contributed by atoms with van der Waals surface area (Å²) in [5, 5.41) is 11.8. The molecule has 0 unspecified atom stereocenters. The smallest absolute Gasteiger partial charge is 0.255 e. The van der Waals surface area contributed by atoms with Gasteiger partial charge in [-0.05, 0) is 55.3 Å². The Labute approximate surface area is 139 Å². The van der Waals surface area contributed by atoms with Gasteiger partial charge < -0.3 is 5.32 Å². The Kier molecular flexibility index (Phi) is 4.30. The molecule has 23 heavy (non-hydrogen) atoms. The first-order chi connectivity index (χ1) is 11.1. The van der Waals surface area contributed by atoms with Crippen LogP contribution < -0.4 is 5.32 Å². The number of fused-ring (bicyclic) bond motifs is 1. The SMILES string of the molecule is CCCn1nnc2cc(C(=O)Nc3ccc(Cl)cc3C)ccc21. The minimum absolute atomic E-state index is 0.178. The predicted molar refractivity (Wildman–Crippen MR) is 92.0 cm³/mol. The molecule has 0 atom stereocenters. The van der Waals surface area contributed by atoms with Crippen LogP contribution in [0, 0.1) is 6.92 Å². The van der Waals surface area contributed by atoms with E-state index in [1.807, 2.05) is 23.7 Å². The number of amides is 1. The Morgan fingerprint density at radius 3 is 2.83 bits per heavy atom. The predicted octanol–water partition coefficient (Wildman–Crippen LogP) is 4.06. The van der Waals surface area contributed by atoms with Crippen LogP contribution in [-0.2, 0) is 6.54 Å². The monoisotopic (exact) mass is 328 g/mol. The fourth-order valence-corrected chi connectivity index (χ4v) is 2.68. The molecule has 3 aromatic rings. The Morgan fingerprint density at radius 2 is 2.09 bits per heavy atom. The van der Waals surface area contributed by atoms with Crippen LogP contribution >= 0.6 is 11.6 Å². The standard InChI is InChI=1S/C17H17ClN4O/c1-3-8-22-16-7-4-12(10-15(16)20-21-22)17(23)19-14-6-5-13(18)9-11(14)2/h4-7,9-10H,3,8H2,1-2H3,(H,19,23). The van der Waals surface area contributed by atoms with Crippen molar-refractivity contribution in [3.63, 3.8) is 0 Å². The van der Waals surface area contributed by atoms with E-state index in [1.165, 1.54) is 0 Å². The van der Waals surface area contributed by atoms with Gasteiger partial charge in [0, 0.05) is 22.8 Å². The minimum Gasteiger partial charge on any atom is -0.322 e. The lowest BCUT2D eigenvalue weighted by molar-refractivity contribution is 0.102. The van der Waals surface area contributed by atoms with Gasteiger partial charge in [0.1, 0.15) is 5.52 Å². The molecule has 1 heterocycles. The van der Waals surface area contributed by atoms with Gasteiger partial charge >= 0.3 is 0 Å². The summed E-state index contributed by atoms with van der Waals surface area (Å²) in [6.45, 7) is 4.80. The summed E-state index contributed by atoms with van der Waals surface area (Å²) in [4.78, 5) is 12.4. The van der Waals surface area contributed by atoms with E-state index in [2.05, 4.69) is 22.6 Å². The molecule has 0 bridgehead atoms. The van der Waals surface area contributed by atoms with Crippen molar-refractivity contribution >= 4 is 34.2 Å². The van der Waals surface area contributed by atoms with Gasteiger partial charge in [-0.25, -0.2) is 4.68 Å². The average Bonchev–Trinajstić information content (AvgIpc) is 2.93. The van der Waals surface area contributed by atoms with Gasteiger partial charge in [0.2, 0.25) is 0 Å². The van der Waals surface area contributed by atoms with Crippen LogP contribution in [0.1, 0.15) is 29.3 Å². The second kappa shape index (κ2) is 6.38. The molecule has 0 radical (unpaired) electrons. The highest BCUT2D eigenvalue weighted by Gasteiger charge is 2.11. The quantitative estimate of drug-likeness (QED) is 0.785. The van der Waals surface area contributed by atoms with Gasteiger partial charge in [-0.3, -0.25) is 4.79 Å². The molecule has 0 aliphatic rings. The fourth-order valence-electron chi connectivity index (χ4n) is 2.45. The first kappa shape index (κ1) is 15.5. The Balaban J connectivity index is 1.86. The first-order valence-corrected chi connectivity index (χ1v) is 7.87. The maximum absolute atomic E-state index is 12.4. The summed E-state index contributed by atoms with van der Waals surface area (Å²) in [6, 6.07) is 10.8. The van der Waals surface area contributed by atoms with Crippen molar-refractivity contribution < 1.29 is 4.79 Å². The third-order valence-electron chi connectivity index (χ3n) is 3.65. The molecule has 1 amide bonds. The molecule has 0 saturated carbocycles. The van der Waals surface area contributed by atoms with Crippen molar-refractivity contribution in [2.45, 2.75) is 26.8 Å². The normalized spacial score (nSPS) is 10.9. The van der Waals surface area contributed by atoms with Gasteiger partial charge in [0.15, 0.2) is 0 Å². The van der Waals surface area contributed by atoms with E-state index >= 15 is 0 Å². The number of halogens is 1. The second-order valence-electron chi connectivity index (χ2n) is 5.43. The van der Waals surface area contributed by atoms with Crippen molar-refractivity contribution in [1.29, 1.82) is 0 Å². The van der Waals surface area contributed by atoms with Crippen LogP contribution in [0.4, 0.5) is 5.69 Å². The number of aromatic nitrogens is 3. The Bertz CT molecular complexity index is 872. The number of carbonyl (C=O) groups excluding carboxylic acids is 1. The molecule has 0 spiro atoms. The molecule has 6 heteroatoms. The van der Waals surface area contributed by atoms with Crippen molar-refractivity contribution in [1.82, 2.24) is 15.0 Å². The molecule has 3 rings (SSSR count). The van der Waals surface area contributed by atoms with E-state index in [-0.39, 0.29) is 5.91 Å². The maximum atomic E-state index is 12.4. The number of aryl methyl sites for hydroxylation is 2. The summed E-state index contributed by atoms with van der Waals surface area (Å²) in [6.07, 6.45) is 0.983. The number of hydrogen-bond acceptors (Lipinski definition) is 3. The van der Waals surface area contributed by atoms with Crippen molar-refractivity contribution in [2.24, 2.45) is 0 Å². The van der Waals surface area contributed by atoms with Crippen LogP contribution in [0.25, 0.3) is 11.0 Å². The molecule has 5 nitrogen and oxygen atoms in total. The van der Waals surface area contributed by atoms with Crippen LogP contribution in [-0.4, -0.2) is 20.9 Å². The lowest BCUT2D eigenvalue weighted by atomic mass is 10.1. The number of nitrogens with zero attached hydrogens (tertiary/aromatic N) is 3. The summed E-state index contributed by atoms with van der Waals surface area (Å²) in [7, 11) is 0. The molecule has 0 aliphatic heterocycles. The van der Waals surface area contributed by atoms with Gasteiger partial charge in [0.05, 0.1) is 5.52 Å². The first-order valence-electron chi connectivity index (χ1n) is 7.49. The fraction of sp³-hybridized carbons (Fsp3) is 0.235. The third kappa shape index (κ3) is 3.19. The maximum Gasteiger partial charge on any atom is 0.255 e. The van der Waals surface area contributed by atoms with Crippen LogP contribution in [0.2, 0.25) is 5.02 Å². The second-order valence-corrected chi connectivity index (χ2v) is 5.87. The zero-order valence-corrected chi connectivity index (χ0v) is 13.8. The molecule has 118 valence electrons. The Morgan fingerprint density at radius 1 is 1.26 bits per heavy atom. The van der Waals surface area contributed by atoms with E-state index in [9.17, 15) is 4.79 Å². The van der Waals surface area contributed by atoms with E-state index in [0.29, 0.717) is 10.6 Å². The van der Waals surface area contributed by atoms with Crippen LogP contribution in [0.5, 0.6) is 0 Å². The van der Waals surface area contributed by atoms with Crippen molar-refractivity contribution in [3.05, 3.63) is 52.5 Å². The molecular weight excluding hydrogens is 312 g/mol. The number of benzene rings is 2. The molecule has 0 aliphatic carbocycles. The van der Waals surface area contributed by atoms with E-state index in [0.717, 1.165) is 35.2 Å². The number of nitrogens with one attached hydrogen (secondary N) is 1. The summed E-state index contributed by atoms with van der Waals surface area (Å²) in [5.41, 5.74) is 3.87. The van der Waals surface area contributed by atoms with Crippen molar-refractivity contribution in [3.8, 4) is 0 Å². The zero-order valence-electron chi connectivity index (χ0n) is 13.0. The van der Waals surface area contributed by atoms with Gasteiger partial charge in [0.25, 0.3) is 5.91 Å². The average molecular weight is 329 g/mol. The number of hydrogen-bond donors (Lipinski definition) is 1. The van der Waals surface area contributed by atoms with Gasteiger partial charge in [-0.15, -0.1) is 5.10 Å². The summed E-state index contributed by atoms with van der Waals surface area (Å²) >= 11 is 5.93. The number of carbonyl (C=O) groups is 1. The van der Waals surface area contributed by atoms with E-state index < -0.39 is 0 Å². The zero-order chi connectivity index (χ0) is 16.4. The largest absolute Gasteiger partial charge is 0.322 e. The van der Waals surface area contributed by atoms with E-state index in [1.54, 1.807) is 24.3 Å². The molecule has 1 aromatic heterocycles.